The van der Waals surface area contributed by atoms with Gasteiger partial charge in [-0.3, -0.25) is 9.78 Å². The molecule has 0 fully saturated rings. The number of pyridine rings is 1. The number of nitrogens with zero attached hydrogens (tertiary/aromatic N) is 3. The van der Waals surface area contributed by atoms with Crippen LogP contribution in [0.2, 0.25) is 0 Å². The largest absolute Gasteiger partial charge is 0.300 e. The third-order valence-corrected chi connectivity index (χ3v) is 3.57. The summed E-state index contributed by atoms with van der Waals surface area (Å²) in [5.41, 5.74) is 0.766. The lowest BCUT2D eigenvalue weighted by molar-refractivity contribution is -0.119. The molecule has 1 amide bonds. The summed E-state index contributed by atoms with van der Waals surface area (Å²) in [5.74, 6) is -0.0160. The van der Waals surface area contributed by atoms with Gasteiger partial charge in [-0.2, -0.15) is 0 Å². The molecule has 6 heteroatoms. The van der Waals surface area contributed by atoms with Gasteiger partial charge in [-0.1, -0.05) is 37.7 Å². The zero-order valence-corrected chi connectivity index (χ0v) is 11.8. The first-order valence-electron chi connectivity index (χ1n) is 6.26. The second-order valence-electron chi connectivity index (χ2n) is 4.31. The van der Waals surface area contributed by atoms with E-state index in [2.05, 4.69) is 27.4 Å². The second-order valence-corrected chi connectivity index (χ2v) is 5.28. The van der Waals surface area contributed by atoms with Crippen LogP contribution in [0.1, 0.15) is 26.7 Å². The summed E-state index contributed by atoms with van der Waals surface area (Å²) in [6.07, 6.45) is 3.57. The molecule has 0 radical (unpaired) electrons. The van der Waals surface area contributed by atoms with Gasteiger partial charge in [0, 0.05) is 12.1 Å². The average Bonchev–Trinajstić information content (AvgIpc) is 2.88. The summed E-state index contributed by atoms with van der Waals surface area (Å²) in [5, 5.41) is 12.0. The van der Waals surface area contributed by atoms with Gasteiger partial charge in [0.05, 0.1) is 0 Å². The highest BCUT2D eigenvalue weighted by Crippen LogP contribution is 2.24. The van der Waals surface area contributed by atoms with E-state index in [1.807, 2.05) is 25.1 Å². The molecule has 0 spiro atoms. The van der Waals surface area contributed by atoms with E-state index in [1.165, 1.54) is 11.3 Å². The van der Waals surface area contributed by atoms with E-state index in [1.54, 1.807) is 6.20 Å². The van der Waals surface area contributed by atoms with Crippen molar-refractivity contribution >= 4 is 22.4 Å². The van der Waals surface area contributed by atoms with Crippen molar-refractivity contribution in [1.29, 1.82) is 0 Å². The molecular formula is C13H16N4OS. The maximum absolute atomic E-state index is 11.9. The standard InChI is InChI=1S/C13H16N4OS/c1-3-6-9(2)11(18)15-13-17-16-12(19-13)10-7-4-5-8-14-10/h4-5,7-9H,3,6H2,1-2H3,(H,15,17,18). The van der Waals surface area contributed by atoms with Gasteiger partial charge in [-0.05, 0) is 18.6 Å². The third-order valence-electron chi connectivity index (χ3n) is 2.71. The van der Waals surface area contributed by atoms with Gasteiger partial charge in [0.15, 0.2) is 5.01 Å². The topological polar surface area (TPSA) is 67.8 Å². The van der Waals surface area contributed by atoms with E-state index in [0.717, 1.165) is 18.5 Å². The smallest absolute Gasteiger partial charge is 0.229 e. The predicted molar refractivity (Wildman–Crippen MR) is 75.8 cm³/mol. The first-order chi connectivity index (χ1) is 9.20. The van der Waals surface area contributed by atoms with Crippen molar-refractivity contribution in [2.24, 2.45) is 5.92 Å². The molecule has 2 aromatic heterocycles. The van der Waals surface area contributed by atoms with E-state index in [4.69, 9.17) is 0 Å². The number of hydrogen-bond donors (Lipinski definition) is 1. The summed E-state index contributed by atoms with van der Waals surface area (Å²) >= 11 is 1.33. The average molecular weight is 276 g/mol. The Labute approximate surface area is 116 Å². The predicted octanol–water partition coefficient (Wildman–Crippen LogP) is 2.97. The van der Waals surface area contributed by atoms with E-state index >= 15 is 0 Å². The molecule has 1 N–H and O–H groups in total. The van der Waals surface area contributed by atoms with Crippen molar-refractivity contribution in [3.63, 3.8) is 0 Å². The Morgan fingerprint density at radius 2 is 2.26 bits per heavy atom. The Kier molecular flexibility index (Phi) is 4.57. The molecular weight excluding hydrogens is 260 g/mol. The summed E-state index contributed by atoms with van der Waals surface area (Å²) in [6, 6.07) is 5.61. The van der Waals surface area contributed by atoms with Crippen LogP contribution in [0, 0.1) is 5.92 Å². The number of nitrogens with one attached hydrogen (secondary N) is 1. The van der Waals surface area contributed by atoms with Crippen LogP contribution in [0.15, 0.2) is 24.4 Å². The van der Waals surface area contributed by atoms with Crippen LogP contribution >= 0.6 is 11.3 Å². The third kappa shape index (κ3) is 3.57. The minimum Gasteiger partial charge on any atom is -0.300 e. The molecule has 100 valence electrons. The van der Waals surface area contributed by atoms with Gasteiger partial charge >= 0.3 is 0 Å². The minimum absolute atomic E-state index is 0.00722. The van der Waals surface area contributed by atoms with Crippen LogP contribution in [0.4, 0.5) is 5.13 Å². The zero-order valence-electron chi connectivity index (χ0n) is 11.0. The SMILES string of the molecule is CCCC(C)C(=O)Nc1nnc(-c2ccccn2)s1. The summed E-state index contributed by atoms with van der Waals surface area (Å²) in [6.45, 7) is 3.98. The number of carbonyl (C=O) groups is 1. The maximum atomic E-state index is 11.9. The van der Waals surface area contributed by atoms with Crippen molar-refractivity contribution in [2.45, 2.75) is 26.7 Å². The number of rotatable bonds is 5. The number of anilines is 1. The summed E-state index contributed by atoms with van der Waals surface area (Å²) in [4.78, 5) is 16.1. The molecule has 0 saturated carbocycles. The fraction of sp³-hybridized carbons (Fsp3) is 0.385. The monoisotopic (exact) mass is 276 g/mol. The number of amides is 1. The molecule has 19 heavy (non-hydrogen) atoms. The molecule has 1 unspecified atom stereocenters. The number of carbonyl (C=O) groups excluding carboxylic acids is 1. The highest BCUT2D eigenvalue weighted by molar-refractivity contribution is 7.18. The fourth-order valence-electron chi connectivity index (χ4n) is 1.66. The second kappa shape index (κ2) is 6.38. The van der Waals surface area contributed by atoms with Crippen LogP contribution in [0.3, 0.4) is 0 Å². The molecule has 0 aliphatic rings. The lowest BCUT2D eigenvalue weighted by Crippen LogP contribution is -2.20. The lowest BCUT2D eigenvalue weighted by Gasteiger charge is -2.07. The highest BCUT2D eigenvalue weighted by Gasteiger charge is 2.15. The van der Waals surface area contributed by atoms with Crippen LogP contribution in [0.25, 0.3) is 10.7 Å². The van der Waals surface area contributed by atoms with Gasteiger partial charge in [0.1, 0.15) is 5.69 Å². The highest BCUT2D eigenvalue weighted by atomic mass is 32.1. The van der Waals surface area contributed by atoms with Gasteiger partial charge in [-0.15, -0.1) is 10.2 Å². The Morgan fingerprint density at radius 1 is 1.42 bits per heavy atom. The van der Waals surface area contributed by atoms with Crippen molar-refractivity contribution in [1.82, 2.24) is 15.2 Å². The van der Waals surface area contributed by atoms with Gasteiger partial charge < -0.3 is 5.32 Å². The van der Waals surface area contributed by atoms with Crippen LogP contribution in [-0.4, -0.2) is 21.1 Å². The van der Waals surface area contributed by atoms with Crippen LogP contribution in [-0.2, 0) is 4.79 Å². The Balaban J connectivity index is 2.04. The van der Waals surface area contributed by atoms with Crippen molar-refractivity contribution in [2.75, 3.05) is 5.32 Å². The lowest BCUT2D eigenvalue weighted by atomic mass is 10.1. The molecule has 5 nitrogen and oxygen atoms in total. The molecule has 0 aromatic carbocycles. The van der Waals surface area contributed by atoms with Crippen LogP contribution < -0.4 is 5.32 Å². The zero-order chi connectivity index (χ0) is 13.7. The van der Waals surface area contributed by atoms with Crippen molar-refractivity contribution in [3.05, 3.63) is 24.4 Å². The fourth-order valence-corrected chi connectivity index (χ4v) is 2.38. The van der Waals surface area contributed by atoms with E-state index in [-0.39, 0.29) is 11.8 Å². The molecule has 2 heterocycles. The Morgan fingerprint density at radius 3 is 2.95 bits per heavy atom. The molecule has 1 atom stereocenters. The number of hydrogen-bond acceptors (Lipinski definition) is 5. The maximum Gasteiger partial charge on any atom is 0.229 e. The van der Waals surface area contributed by atoms with Crippen molar-refractivity contribution in [3.8, 4) is 10.7 Å². The molecule has 0 aliphatic heterocycles. The number of aromatic nitrogens is 3. The van der Waals surface area contributed by atoms with Crippen LogP contribution in [0.5, 0.6) is 0 Å². The summed E-state index contributed by atoms with van der Waals surface area (Å²) < 4.78 is 0. The van der Waals surface area contributed by atoms with E-state index < -0.39 is 0 Å². The quantitative estimate of drug-likeness (QED) is 0.911. The van der Waals surface area contributed by atoms with E-state index in [9.17, 15) is 4.79 Å². The molecule has 0 aliphatic carbocycles. The first kappa shape index (κ1) is 13.6. The normalized spacial score (nSPS) is 12.1. The summed E-state index contributed by atoms with van der Waals surface area (Å²) in [7, 11) is 0. The molecule has 2 aromatic rings. The molecule has 0 saturated heterocycles. The van der Waals surface area contributed by atoms with Crippen molar-refractivity contribution < 1.29 is 4.79 Å². The first-order valence-corrected chi connectivity index (χ1v) is 7.08. The van der Waals surface area contributed by atoms with Gasteiger partial charge in [0.25, 0.3) is 0 Å². The van der Waals surface area contributed by atoms with Gasteiger partial charge in [0.2, 0.25) is 11.0 Å². The van der Waals surface area contributed by atoms with E-state index in [0.29, 0.717) is 10.1 Å². The Bertz CT molecular complexity index is 541. The molecule has 0 bridgehead atoms. The van der Waals surface area contributed by atoms with Gasteiger partial charge in [-0.25, -0.2) is 0 Å². The Hall–Kier alpha value is -1.82. The molecule has 2 rings (SSSR count). The minimum atomic E-state index is -0.00873.